The van der Waals surface area contributed by atoms with Gasteiger partial charge in [0, 0.05) is 19.5 Å². The molecule has 0 saturated carbocycles. The van der Waals surface area contributed by atoms with Gasteiger partial charge >= 0.3 is 0 Å². The maximum atomic E-state index is 12.4. The highest BCUT2D eigenvalue weighted by Crippen LogP contribution is 2.22. The minimum atomic E-state index is -0.444. The van der Waals surface area contributed by atoms with Crippen molar-refractivity contribution in [3.8, 4) is 0 Å². The van der Waals surface area contributed by atoms with Crippen molar-refractivity contribution in [2.75, 3.05) is 6.54 Å². The summed E-state index contributed by atoms with van der Waals surface area (Å²) in [6.07, 6.45) is 0.130. The molecular formula is C17H22ClN3O2. The molecule has 0 radical (unpaired) electrons. The summed E-state index contributed by atoms with van der Waals surface area (Å²) < 4.78 is 1.48. The lowest BCUT2D eigenvalue weighted by molar-refractivity contribution is 0.0945. The summed E-state index contributed by atoms with van der Waals surface area (Å²) in [7, 11) is 1.70. The van der Waals surface area contributed by atoms with Gasteiger partial charge in [-0.3, -0.25) is 9.48 Å². The Morgan fingerprint density at radius 2 is 2.04 bits per heavy atom. The van der Waals surface area contributed by atoms with Crippen LogP contribution in [0.2, 0.25) is 5.15 Å². The molecule has 1 aromatic heterocycles. The van der Waals surface area contributed by atoms with Crippen LogP contribution in [0.25, 0.3) is 0 Å². The van der Waals surface area contributed by atoms with Gasteiger partial charge in [-0.05, 0) is 25.8 Å². The van der Waals surface area contributed by atoms with Crippen LogP contribution >= 0.6 is 11.6 Å². The van der Waals surface area contributed by atoms with Gasteiger partial charge in [-0.1, -0.05) is 41.9 Å². The molecule has 0 aliphatic heterocycles. The SMILES string of the molecule is Cc1nn(C)c(Cl)c1C(=O)NCC(CC(C)O)c1ccccc1. The van der Waals surface area contributed by atoms with E-state index < -0.39 is 6.10 Å². The Kier molecular flexibility index (Phi) is 5.80. The summed E-state index contributed by atoms with van der Waals surface area (Å²) >= 11 is 6.13. The van der Waals surface area contributed by atoms with Crippen molar-refractivity contribution in [3.63, 3.8) is 0 Å². The van der Waals surface area contributed by atoms with E-state index in [4.69, 9.17) is 11.6 Å². The standard InChI is InChI=1S/C17H22ClN3O2/c1-11(22)9-14(13-7-5-4-6-8-13)10-19-17(23)15-12(2)20-21(3)16(15)18/h4-8,11,14,22H,9-10H2,1-3H3,(H,19,23). The number of aromatic nitrogens is 2. The first kappa shape index (κ1) is 17.5. The number of carbonyl (C=O) groups is 1. The second kappa shape index (κ2) is 7.62. The van der Waals surface area contributed by atoms with Crippen LogP contribution in [0, 0.1) is 6.92 Å². The first-order chi connectivity index (χ1) is 10.9. The second-order valence-electron chi connectivity index (χ2n) is 5.78. The lowest BCUT2D eigenvalue weighted by Crippen LogP contribution is -2.30. The van der Waals surface area contributed by atoms with Crippen molar-refractivity contribution in [2.45, 2.75) is 32.3 Å². The van der Waals surface area contributed by atoms with Crippen LogP contribution in [0.15, 0.2) is 30.3 Å². The summed E-state index contributed by atoms with van der Waals surface area (Å²) in [5.41, 5.74) is 2.09. The molecule has 0 aliphatic carbocycles. The number of hydrogen-bond acceptors (Lipinski definition) is 3. The van der Waals surface area contributed by atoms with Crippen LogP contribution in [0.3, 0.4) is 0 Å². The number of aryl methyl sites for hydroxylation is 2. The van der Waals surface area contributed by atoms with Gasteiger partial charge in [0.2, 0.25) is 0 Å². The van der Waals surface area contributed by atoms with Gasteiger partial charge in [0.1, 0.15) is 5.15 Å². The Labute approximate surface area is 141 Å². The third-order valence-electron chi connectivity index (χ3n) is 3.78. The third-order valence-corrected chi connectivity index (χ3v) is 4.22. The molecule has 2 atom stereocenters. The van der Waals surface area contributed by atoms with E-state index in [0.717, 1.165) is 5.56 Å². The lowest BCUT2D eigenvalue weighted by Gasteiger charge is -2.19. The van der Waals surface area contributed by atoms with Crippen molar-refractivity contribution < 1.29 is 9.90 Å². The van der Waals surface area contributed by atoms with Crippen LogP contribution < -0.4 is 5.32 Å². The maximum absolute atomic E-state index is 12.4. The first-order valence-electron chi connectivity index (χ1n) is 7.60. The van der Waals surface area contributed by atoms with E-state index in [1.165, 1.54) is 4.68 Å². The summed E-state index contributed by atoms with van der Waals surface area (Å²) in [6, 6.07) is 9.85. The molecule has 124 valence electrons. The molecule has 2 N–H and O–H groups in total. The Balaban J connectivity index is 2.10. The van der Waals surface area contributed by atoms with E-state index >= 15 is 0 Å². The normalized spacial score (nSPS) is 13.6. The van der Waals surface area contributed by atoms with Gasteiger partial charge in [-0.25, -0.2) is 0 Å². The van der Waals surface area contributed by atoms with Gasteiger partial charge in [-0.2, -0.15) is 5.10 Å². The number of halogens is 1. The number of carbonyl (C=O) groups excluding carboxylic acids is 1. The van der Waals surface area contributed by atoms with E-state index in [1.54, 1.807) is 20.9 Å². The third kappa shape index (κ3) is 4.33. The number of hydrogen-bond donors (Lipinski definition) is 2. The maximum Gasteiger partial charge on any atom is 0.256 e. The predicted molar refractivity (Wildman–Crippen MR) is 90.8 cm³/mol. The number of rotatable bonds is 6. The van der Waals surface area contributed by atoms with E-state index in [0.29, 0.717) is 29.4 Å². The van der Waals surface area contributed by atoms with Crippen molar-refractivity contribution in [2.24, 2.45) is 7.05 Å². The molecule has 2 rings (SSSR count). The molecule has 5 nitrogen and oxygen atoms in total. The molecule has 2 aromatic rings. The first-order valence-corrected chi connectivity index (χ1v) is 7.98. The zero-order chi connectivity index (χ0) is 17.0. The van der Waals surface area contributed by atoms with Crippen LogP contribution in [-0.2, 0) is 7.05 Å². The van der Waals surface area contributed by atoms with E-state index in [-0.39, 0.29) is 11.8 Å². The molecule has 0 fully saturated rings. The summed E-state index contributed by atoms with van der Waals surface area (Å²) in [5, 5.41) is 17.1. The molecule has 1 heterocycles. The topological polar surface area (TPSA) is 67.2 Å². The molecule has 0 spiro atoms. The average Bonchev–Trinajstić information content (AvgIpc) is 2.76. The van der Waals surface area contributed by atoms with Crippen molar-refractivity contribution in [1.82, 2.24) is 15.1 Å². The Hall–Kier alpha value is -1.85. The molecule has 0 bridgehead atoms. The predicted octanol–water partition coefficient (Wildman–Crippen LogP) is 2.67. The molecular weight excluding hydrogens is 314 g/mol. The van der Waals surface area contributed by atoms with Gasteiger partial charge < -0.3 is 10.4 Å². The molecule has 1 amide bonds. The fourth-order valence-electron chi connectivity index (χ4n) is 2.67. The summed E-state index contributed by atoms with van der Waals surface area (Å²) in [4.78, 5) is 12.4. The van der Waals surface area contributed by atoms with Crippen molar-refractivity contribution in [3.05, 3.63) is 52.3 Å². The van der Waals surface area contributed by atoms with Gasteiger partial charge in [0.15, 0.2) is 0 Å². The highest BCUT2D eigenvalue weighted by molar-refractivity contribution is 6.33. The lowest BCUT2D eigenvalue weighted by atomic mass is 9.93. The molecule has 1 aromatic carbocycles. The van der Waals surface area contributed by atoms with Crippen molar-refractivity contribution >= 4 is 17.5 Å². The largest absolute Gasteiger partial charge is 0.393 e. The number of aliphatic hydroxyl groups excluding tert-OH is 1. The molecule has 0 aliphatic rings. The number of benzene rings is 1. The zero-order valence-corrected chi connectivity index (χ0v) is 14.3. The minimum absolute atomic E-state index is 0.0379. The van der Waals surface area contributed by atoms with E-state index in [9.17, 15) is 9.90 Å². The molecule has 0 saturated heterocycles. The Morgan fingerprint density at radius 3 is 2.57 bits per heavy atom. The van der Waals surface area contributed by atoms with E-state index in [1.807, 2.05) is 30.3 Å². The minimum Gasteiger partial charge on any atom is -0.393 e. The summed E-state index contributed by atoms with van der Waals surface area (Å²) in [5.74, 6) is -0.206. The number of amides is 1. The highest BCUT2D eigenvalue weighted by atomic mass is 35.5. The molecule has 2 unspecified atom stereocenters. The number of nitrogens with zero attached hydrogens (tertiary/aromatic N) is 2. The Morgan fingerprint density at radius 1 is 1.39 bits per heavy atom. The molecule has 6 heteroatoms. The monoisotopic (exact) mass is 335 g/mol. The fraction of sp³-hybridized carbons (Fsp3) is 0.412. The number of nitrogens with one attached hydrogen (secondary N) is 1. The van der Waals surface area contributed by atoms with Crippen LogP contribution in [0.4, 0.5) is 0 Å². The number of aliphatic hydroxyl groups is 1. The van der Waals surface area contributed by atoms with Crippen molar-refractivity contribution in [1.29, 1.82) is 0 Å². The molecule has 23 heavy (non-hydrogen) atoms. The van der Waals surface area contributed by atoms with Gasteiger partial charge in [-0.15, -0.1) is 0 Å². The van der Waals surface area contributed by atoms with E-state index in [2.05, 4.69) is 10.4 Å². The van der Waals surface area contributed by atoms with Crippen LogP contribution in [-0.4, -0.2) is 33.4 Å². The van der Waals surface area contributed by atoms with Gasteiger partial charge in [0.25, 0.3) is 5.91 Å². The summed E-state index contributed by atoms with van der Waals surface area (Å²) in [6.45, 7) is 3.93. The Bertz CT molecular complexity index is 668. The second-order valence-corrected chi connectivity index (χ2v) is 6.14. The van der Waals surface area contributed by atoms with Crippen LogP contribution in [0.1, 0.15) is 40.9 Å². The smallest absolute Gasteiger partial charge is 0.256 e. The average molecular weight is 336 g/mol. The fourth-order valence-corrected chi connectivity index (χ4v) is 2.93. The van der Waals surface area contributed by atoms with Gasteiger partial charge in [0.05, 0.1) is 17.4 Å². The quantitative estimate of drug-likeness (QED) is 0.852. The highest BCUT2D eigenvalue weighted by Gasteiger charge is 2.21. The van der Waals surface area contributed by atoms with Crippen LogP contribution in [0.5, 0.6) is 0 Å². The zero-order valence-electron chi connectivity index (χ0n) is 13.6.